The number of ether oxygens (including phenoxy) is 1. The van der Waals surface area contributed by atoms with Crippen molar-refractivity contribution in [2.45, 2.75) is 12.5 Å². The highest BCUT2D eigenvalue weighted by molar-refractivity contribution is 5.90. The van der Waals surface area contributed by atoms with Gasteiger partial charge in [0.25, 0.3) is 0 Å². The number of carbonyl (C=O) groups is 3. The zero-order chi connectivity index (χ0) is 9.72. The molecule has 0 fully saturated rings. The Bertz CT molecular complexity index is 220. The van der Waals surface area contributed by atoms with Crippen LogP contribution in [0.5, 0.6) is 0 Å². The predicted octanol–water partition coefficient (Wildman–Crippen LogP) is -1.77. The average Bonchev–Trinajstić information content (AvgIpc) is 1.84. The van der Waals surface area contributed by atoms with E-state index >= 15 is 0 Å². The number of nitrogens with two attached hydrogens (primary N) is 3. The molecule has 0 spiro atoms. The van der Waals surface area contributed by atoms with Gasteiger partial charge in [-0.3, -0.25) is 4.79 Å². The molecule has 0 unspecified atom stereocenters. The van der Waals surface area contributed by atoms with Crippen molar-refractivity contribution in [1.29, 1.82) is 0 Å². The van der Waals surface area contributed by atoms with Gasteiger partial charge >= 0.3 is 12.1 Å². The van der Waals surface area contributed by atoms with Gasteiger partial charge in [0.15, 0.2) is 0 Å². The third-order valence-electron chi connectivity index (χ3n) is 0.925. The molecule has 6 N–H and O–H groups in total. The summed E-state index contributed by atoms with van der Waals surface area (Å²) in [6.45, 7) is 0. The molecule has 0 aliphatic carbocycles. The molecule has 0 aliphatic heterocycles. The Hall–Kier alpha value is -1.34. The van der Waals surface area contributed by atoms with Gasteiger partial charge in [0, 0.05) is 0 Å². The van der Waals surface area contributed by atoms with E-state index in [0.29, 0.717) is 0 Å². The summed E-state index contributed by atoms with van der Waals surface area (Å²) in [5.74, 6) is -1.83. The molecule has 8 heteroatoms. The minimum atomic E-state index is -1.26. The minimum Gasteiger partial charge on any atom is -0.375 e. The van der Waals surface area contributed by atoms with Crippen LogP contribution in [0.2, 0.25) is 0 Å². The van der Waals surface area contributed by atoms with Gasteiger partial charge in [0.05, 0.1) is 6.42 Å². The highest BCUT2D eigenvalue weighted by Crippen LogP contribution is 1.90. The van der Waals surface area contributed by atoms with Crippen LogP contribution in [-0.4, -0.2) is 24.0 Å². The third-order valence-corrected chi connectivity index (χ3v) is 0.925. The number of hydrogen-bond donors (Lipinski definition) is 3. The Balaban J connectivity index is 0. The summed E-state index contributed by atoms with van der Waals surface area (Å²) < 4.78 is 3.88. The number of hydrogen-bond acceptors (Lipinski definition) is 5. The summed E-state index contributed by atoms with van der Waals surface area (Å²) in [4.78, 5) is 30.9. The Labute approximate surface area is 80.0 Å². The highest BCUT2D eigenvalue weighted by atomic mass is 35.5. The van der Waals surface area contributed by atoms with Crippen molar-refractivity contribution in [2.24, 2.45) is 17.2 Å². The van der Waals surface area contributed by atoms with Crippen LogP contribution in [-0.2, 0) is 14.3 Å². The summed E-state index contributed by atoms with van der Waals surface area (Å²) in [5, 5.41) is 0. The standard InChI is InChI=1S/C5H9N3O4.ClH/c6-2(1-3(7)9)4(10)12-5(8)11;/h2H,1,6H2,(H2,7,9)(H2,8,11);1H/t2-;/m0./s1. The van der Waals surface area contributed by atoms with Gasteiger partial charge in [-0.1, -0.05) is 0 Å². The van der Waals surface area contributed by atoms with Crippen molar-refractivity contribution in [2.75, 3.05) is 0 Å². The van der Waals surface area contributed by atoms with Crippen molar-refractivity contribution in [1.82, 2.24) is 0 Å². The number of rotatable bonds is 3. The summed E-state index contributed by atoms with van der Waals surface area (Å²) in [7, 11) is 0. The lowest BCUT2D eigenvalue weighted by atomic mass is 10.2. The molecule has 0 saturated carbocycles. The van der Waals surface area contributed by atoms with Crippen LogP contribution < -0.4 is 17.2 Å². The molecule has 13 heavy (non-hydrogen) atoms. The second kappa shape index (κ2) is 6.21. The second-order valence-corrected chi connectivity index (χ2v) is 2.02. The smallest absolute Gasteiger partial charge is 0.375 e. The van der Waals surface area contributed by atoms with Gasteiger partial charge < -0.3 is 21.9 Å². The minimum absolute atomic E-state index is 0. The lowest BCUT2D eigenvalue weighted by molar-refractivity contribution is -0.140. The fourth-order valence-corrected chi connectivity index (χ4v) is 0.475. The quantitative estimate of drug-likeness (QED) is 0.375. The van der Waals surface area contributed by atoms with E-state index in [1.54, 1.807) is 0 Å². The molecule has 0 heterocycles. The molecule has 0 bridgehead atoms. The molecule has 0 radical (unpaired) electrons. The zero-order valence-electron chi connectivity index (χ0n) is 6.56. The van der Waals surface area contributed by atoms with Crippen LogP contribution in [0.15, 0.2) is 0 Å². The lowest BCUT2D eigenvalue weighted by Gasteiger charge is -2.05. The first kappa shape index (κ1) is 14.2. The number of esters is 1. The van der Waals surface area contributed by atoms with Gasteiger partial charge in [0.1, 0.15) is 6.04 Å². The van der Waals surface area contributed by atoms with Crippen molar-refractivity contribution >= 4 is 30.4 Å². The fourth-order valence-electron chi connectivity index (χ4n) is 0.475. The van der Waals surface area contributed by atoms with Gasteiger partial charge in [-0.25, -0.2) is 9.59 Å². The molecule has 0 rings (SSSR count). The van der Waals surface area contributed by atoms with E-state index in [1.165, 1.54) is 0 Å². The first-order valence-electron chi connectivity index (χ1n) is 2.98. The van der Waals surface area contributed by atoms with E-state index in [2.05, 4.69) is 10.5 Å². The van der Waals surface area contributed by atoms with Crippen LogP contribution in [0.4, 0.5) is 4.79 Å². The fraction of sp³-hybridized carbons (Fsp3) is 0.400. The summed E-state index contributed by atoms with van der Waals surface area (Å²) >= 11 is 0. The van der Waals surface area contributed by atoms with Crippen molar-refractivity contribution in [3.05, 3.63) is 0 Å². The molecule has 1 atom stereocenters. The average molecular weight is 212 g/mol. The Morgan fingerprint density at radius 1 is 1.23 bits per heavy atom. The summed E-state index contributed by atoms with van der Waals surface area (Å²) in [5.41, 5.74) is 14.3. The first-order valence-corrected chi connectivity index (χ1v) is 2.98. The molecule has 0 aliphatic rings. The van der Waals surface area contributed by atoms with Crippen LogP contribution >= 0.6 is 12.4 Å². The SMILES string of the molecule is Cl.NC(=O)C[C@H](N)C(=O)OC(N)=O. The zero-order valence-corrected chi connectivity index (χ0v) is 7.37. The molecule has 2 amide bonds. The van der Waals surface area contributed by atoms with Gasteiger partial charge in [-0.15, -0.1) is 12.4 Å². The maximum Gasteiger partial charge on any atom is 0.412 e. The summed E-state index contributed by atoms with van der Waals surface area (Å²) in [6, 6.07) is -1.24. The number of amides is 2. The van der Waals surface area contributed by atoms with Crippen molar-refractivity contribution in [3.63, 3.8) is 0 Å². The second-order valence-electron chi connectivity index (χ2n) is 2.02. The maximum absolute atomic E-state index is 10.6. The van der Waals surface area contributed by atoms with E-state index < -0.39 is 24.0 Å². The Kier molecular flexibility index (Phi) is 6.78. The van der Waals surface area contributed by atoms with E-state index in [9.17, 15) is 14.4 Å². The monoisotopic (exact) mass is 211 g/mol. The van der Waals surface area contributed by atoms with Gasteiger partial charge in [-0.2, -0.15) is 0 Å². The number of primary amides is 2. The molecule has 76 valence electrons. The molecule has 0 saturated heterocycles. The van der Waals surface area contributed by atoms with E-state index in [1.807, 2.05) is 0 Å². The Morgan fingerprint density at radius 2 is 1.69 bits per heavy atom. The van der Waals surface area contributed by atoms with Crippen molar-refractivity contribution in [3.8, 4) is 0 Å². The molecule has 0 aromatic rings. The largest absolute Gasteiger partial charge is 0.412 e. The van der Waals surface area contributed by atoms with Crippen LogP contribution in [0, 0.1) is 0 Å². The van der Waals surface area contributed by atoms with Crippen LogP contribution in [0.25, 0.3) is 0 Å². The van der Waals surface area contributed by atoms with Crippen molar-refractivity contribution < 1.29 is 19.1 Å². The number of carbonyl (C=O) groups excluding carboxylic acids is 3. The van der Waals surface area contributed by atoms with Gasteiger partial charge in [-0.05, 0) is 0 Å². The van der Waals surface area contributed by atoms with E-state index in [4.69, 9.17) is 11.5 Å². The normalized spacial score (nSPS) is 10.8. The predicted molar refractivity (Wildman–Crippen MR) is 44.7 cm³/mol. The topological polar surface area (TPSA) is 138 Å². The number of halogens is 1. The van der Waals surface area contributed by atoms with Crippen LogP contribution in [0.3, 0.4) is 0 Å². The molecule has 7 nitrogen and oxygen atoms in total. The molecular weight excluding hydrogens is 202 g/mol. The molecule has 0 aromatic carbocycles. The van der Waals surface area contributed by atoms with Crippen LogP contribution in [0.1, 0.15) is 6.42 Å². The third kappa shape index (κ3) is 7.04. The molecule has 0 aromatic heterocycles. The first-order chi connectivity index (χ1) is 5.43. The summed E-state index contributed by atoms with van der Waals surface area (Å²) in [6.07, 6.45) is -1.65. The van der Waals surface area contributed by atoms with E-state index in [0.717, 1.165) is 0 Å². The van der Waals surface area contributed by atoms with Gasteiger partial charge in [0.2, 0.25) is 5.91 Å². The molecular formula is C5H10ClN3O4. The highest BCUT2D eigenvalue weighted by Gasteiger charge is 2.19. The Morgan fingerprint density at radius 3 is 2.00 bits per heavy atom. The van der Waals surface area contributed by atoms with E-state index in [-0.39, 0.29) is 18.8 Å². The lowest BCUT2D eigenvalue weighted by Crippen LogP contribution is -2.38. The maximum atomic E-state index is 10.6.